The van der Waals surface area contributed by atoms with E-state index in [0.717, 1.165) is 16.7 Å². The lowest BCUT2D eigenvalue weighted by atomic mass is 10.1. The lowest BCUT2D eigenvalue weighted by Crippen LogP contribution is -2.25. The molecule has 0 N–H and O–H groups in total. The fourth-order valence-corrected chi connectivity index (χ4v) is 3.31. The lowest BCUT2D eigenvalue weighted by Gasteiger charge is -2.16. The van der Waals surface area contributed by atoms with E-state index in [9.17, 15) is 9.59 Å². The Balaban J connectivity index is 1.66. The molecule has 1 fully saturated rings. The predicted octanol–water partition coefficient (Wildman–Crippen LogP) is 2.26. The number of rotatable bonds is 4. The molecule has 3 rings (SSSR count). The number of hydrogen-bond donors (Lipinski definition) is 0. The van der Waals surface area contributed by atoms with Crippen LogP contribution in [0.3, 0.4) is 0 Å². The highest BCUT2D eigenvalue weighted by Crippen LogP contribution is 2.23. The smallest absolute Gasteiger partial charge is 0.223 e. The maximum Gasteiger partial charge on any atom is 0.223 e. The number of nitrogens with zero attached hydrogens (tertiary/aromatic N) is 3. The first-order chi connectivity index (χ1) is 10.6. The number of para-hydroxylation sites is 2. The fraction of sp³-hybridized carbons (Fsp3) is 0.375. The second kappa shape index (κ2) is 6.44. The van der Waals surface area contributed by atoms with Crippen molar-refractivity contribution in [2.75, 3.05) is 12.3 Å². The molecular weight excluding hydrogens is 298 g/mol. The largest absolute Gasteiger partial charge is 0.336 e. The van der Waals surface area contributed by atoms with Gasteiger partial charge in [0.05, 0.1) is 29.5 Å². The number of aromatic nitrogens is 2. The van der Waals surface area contributed by atoms with Crippen LogP contribution < -0.4 is 0 Å². The minimum Gasteiger partial charge on any atom is -0.336 e. The average Bonchev–Trinajstić information content (AvgIpc) is 2.85. The quantitative estimate of drug-likeness (QED) is 0.866. The van der Waals surface area contributed by atoms with Gasteiger partial charge in [-0.1, -0.05) is 23.9 Å². The van der Waals surface area contributed by atoms with Crippen molar-refractivity contribution in [3.8, 4) is 0 Å². The highest BCUT2D eigenvalue weighted by molar-refractivity contribution is 8.13. The third kappa shape index (κ3) is 3.44. The van der Waals surface area contributed by atoms with E-state index in [1.54, 1.807) is 13.1 Å². The van der Waals surface area contributed by atoms with Crippen LogP contribution in [0.25, 0.3) is 11.0 Å². The monoisotopic (exact) mass is 315 g/mol. The van der Waals surface area contributed by atoms with E-state index >= 15 is 0 Å². The van der Waals surface area contributed by atoms with Crippen molar-refractivity contribution in [2.45, 2.75) is 19.9 Å². The van der Waals surface area contributed by atoms with Crippen LogP contribution >= 0.6 is 11.8 Å². The highest BCUT2D eigenvalue weighted by Gasteiger charge is 2.30. The number of benzene rings is 1. The van der Waals surface area contributed by atoms with Crippen molar-refractivity contribution in [1.82, 2.24) is 14.9 Å². The van der Waals surface area contributed by atoms with Gasteiger partial charge in [0.1, 0.15) is 0 Å². The normalized spacial score (nSPS) is 18.1. The van der Waals surface area contributed by atoms with Crippen LogP contribution in [0, 0.1) is 5.92 Å². The Labute approximate surface area is 133 Å². The first-order valence-corrected chi connectivity index (χ1v) is 8.22. The summed E-state index contributed by atoms with van der Waals surface area (Å²) in [5, 5.41) is 0.103. The number of carbonyl (C=O) groups excluding carboxylic acids is 2. The molecule has 1 saturated heterocycles. The SMILES string of the molecule is CC(=O)SCC1CC(=O)N(Cc2cnc3ccccc3n2)C1. The maximum absolute atomic E-state index is 12.1. The minimum absolute atomic E-state index is 0.103. The minimum atomic E-state index is 0.103. The number of thioether (sulfide) groups is 1. The Morgan fingerprint density at radius 3 is 2.91 bits per heavy atom. The third-order valence-corrected chi connectivity index (χ3v) is 4.71. The van der Waals surface area contributed by atoms with Gasteiger partial charge in [-0.25, -0.2) is 4.98 Å². The van der Waals surface area contributed by atoms with Crippen LogP contribution in [-0.4, -0.2) is 38.2 Å². The Bertz CT molecular complexity index is 719. The highest BCUT2D eigenvalue weighted by atomic mass is 32.2. The molecule has 22 heavy (non-hydrogen) atoms. The van der Waals surface area contributed by atoms with Crippen LogP contribution in [0.1, 0.15) is 19.0 Å². The van der Waals surface area contributed by atoms with Crippen LogP contribution in [0.4, 0.5) is 0 Å². The molecule has 2 heterocycles. The number of carbonyl (C=O) groups is 2. The van der Waals surface area contributed by atoms with Crippen molar-refractivity contribution in [1.29, 1.82) is 0 Å². The summed E-state index contributed by atoms with van der Waals surface area (Å²) in [5.74, 6) is 1.08. The fourth-order valence-electron chi connectivity index (χ4n) is 2.62. The van der Waals surface area contributed by atoms with Gasteiger partial charge >= 0.3 is 0 Å². The molecule has 1 atom stereocenters. The van der Waals surface area contributed by atoms with Crippen molar-refractivity contribution in [3.05, 3.63) is 36.2 Å². The molecule has 1 aliphatic rings. The Kier molecular flexibility index (Phi) is 4.38. The Morgan fingerprint density at radius 1 is 1.36 bits per heavy atom. The molecule has 0 bridgehead atoms. The zero-order chi connectivity index (χ0) is 15.5. The third-order valence-electron chi connectivity index (χ3n) is 3.67. The summed E-state index contributed by atoms with van der Waals surface area (Å²) in [6, 6.07) is 7.70. The molecule has 1 aromatic heterocycles. The maximum atomic E-state index is 12.1. The van der Waals surface area contributed by atoms with Crippen molar-refractivity contribution in [3.63, 3.8) is 0 Å². The molecule has 0 spiro atoms. The summed E-state index contributed by atoms with van der Waals surface area (Å²) in [5.41, 5.74) is 2.50. The van der Waals surface area contributed by atoms with Crippen molar-refractivity contribution >= 4 is 33.8 Å². The van der Waals surface area contributed by atoms with Gasteiger partial charge in [0.15, 0.2) is 5.12 Å². The van der Waals surface area contributed by atoms with E-state index in [4.69, 9.17) is 0 Å². The molecule has 6 heteroatoms. The van der Waals surface area contributed by atoms with E-state index in [0.29, 0.717) is 25.3 Å². The molecule has 1 amide bonds. The van der Waals surface area contributed by atoms with Crippen molar-refractivity contribution in [2.24, 2.45) is 5.92 Å². The van der Waals surface area contributed by atoms with Gasteiger partial charge in [0.25, 0.3) is 0 Å². The summed E-state index contributed by atoms with van der Waals surface area (Å²) in [6.07, 6.45) is 2.24. The van der Waals surface area contributed by atoms with Gasteiger partial charge < -0.3 is 4.90 Å². The van der Waals surface area contributed by atoms with Crippen LogP contribution in [0.15, 0.2) is 30.5 Å². The van der Waals surface area contributed by atoms with Gasteiger partial charge in [0.2, 0.25) is 5.91 Å². The molecule has 1 aliphatic heterocycles. The Morgan fingerprint density at radius 2 is 2.14 bits per heavy atom. The van der Waals surface area contributed by atoms with Gasteiger partial charge in [-0.15, -0.1) is 0 Å². The van der Waals surface area contributed by atoms with Crippen LogP contribution in [0.2, 0.25) is 0 Å². The average molecular weight is 315 g/mol. The van der Waals surface area contributed by atoms with Crippen LogP contribution in [0.5, 0.6) is 0 Å². The van der Waals surface area contributed by atoms with E-state index in [-0.39, 0.29) is 16.9 Å². The van der Waals surface area contributed by atoms with E-state index in [1.165, 1.54) is 11.8 Å². The van der Waals surface area contributed by atoms with Crippen LogP contribution in [-0.2, 0) is 16.1 Å². The summed E-state index contributed by atoms with van der Waals surface area (Å²) in [4.78, 5) is 33.8. The zero-order valence-electron chi connectivity index (χ0n) is 12.4. The van der Waals surface area contributed by atoms with Gasteiger partial charge in [-0.05, 0) is 18.1 Å². The summed E-state index contributed by atoms with van der Waals surface area (Å²) >= 11 is 1.30. The zero-order valence-corrected chi connectivity index (χ0v) is 13.2. The summed E-state index contributed by atoms with van der Waals surface area (Å²) in [7, 11) is 0. The van der Waals surface area contributed by atoms with E-state index in [2.05, 4.69) is 9.97 Å². The molecule has 5 nitrogen and oxygen atoms in total. The number of amides is 1. The molecule has 1 unspecified atom stereocenters. The number of fused-ring (bicyclic) bond motifs is 1. The summed E-state index contributed by atoms with van der Waals surface area (Å²) < 4.78 is 0. The molecule has 114 valence electrons. The number of hydrogen-bond acceptors (Lipinski definition) is 5. The first kappa shape index (κ1) is 15.0. The summed E-state index contributed by atoms with van der Waals surface area (Å²) in [6.45, 7) is 2.73. The molecule has 2 aromatic rings. The van der Waals surface area contributed by atoms with E-state index < -0.39 is 0 Å². The number of likely N-dealkylation sites (tertiary alicyclic amines) is 1. The molecule has 0 radical (unpaired) electrons. The van der Waals surface area contributed by atoms with Gasteiger partial charge in [-0.3, -0.25) is 14.6 Å². The molecule has 1 aromatic carbocycles. The van der Waals surface area contributed by atoms with E-state index in [1.807, 2.05) is 29.2 Å². The topological polar surface area (TPSA) is 63.2 Å². The first-order valence-electron chi connectivity index (χ1n) is 7.23. The second-order valence-corrected chi connectivity index (χ2v) is 6.69. The van der Waals surface area contributed by atoms with Gasteiger partial charge in [0, 0.05) is 25.6 Å². The standard InChI is InChI=1S/C16H17N3O2S/c1-11(20)22-10-12-6-16(21)19(8-12)9-13-7-17-14-4-2-3-5-15(14)18-13/h2-5,7,12H,6,8-10H2,1H3. The van der Waals surface area contributed by atoms with Gasteiger partial charge in [-0.2, -0.15) is 0 Å². The second-order valence-electron chi connectivity index (χ2n) is 5.50. The lowest BCUT2D eigenvalue weighted by molar-refractivity contribution is -0.128. The predicted molar refractivity (Wildman–Crippen MR) is 86.2 cm³/mol. The molecular formula is C16H17N3O2S. The molecule has 0 aliphatic carbocycles. The van der Waals surface area contributed by atoms with Crippen molar-refractivity contribution < 1.29 is 9.59 Å². The molecule has 0 saturated carbocycles. The Hall–Kier alpha value is -1.95.